The minimum Gasteiger partial charge on any atom is -0.502 e. The first-order valence-electron chi connectivity index (χ1n) is 5.02. The van der Waals surface area contributed by atoms with E-state index in [1.54, 1.807) is 6.07 Å². The summed E-state index contributed by atoms with van der Waals surface area (Å²) < 4.78 is 18.7. The third kappa shape index (κ3) is 2.68. The number of hydrogen-bond donors (Lipinski definition) is 1. The van der Waals surface area contributed by atoms with Gasteiger partial charge in [0.25, 0.3) is 0 Å². The maximum Gasteiger partial charge on any atom is 0.227 e. The van der Waals surface area contributed by atoms with E-state index < -0.39 is 11.2 Å². The second-order valence-corrected chi connectivity index (χ2v) is 4.35. The van der Waals surface area contributed by atoms with Crippen LogP contribution in [0.25, 0.3) is 12.2 Å². The average molecular weight is 311 g/mol. The molecule has 18 heavy (non-hydrogen) atoms. The summed E-state index contributed by atoms with van der Waals surface area (Å²) in [5.74, 6) is -0.823. The van der Waals surface area contributed by atoms with Gasteiger partial charge in [-0.25, -0.2) is 4.39 Å². The number of benzene rings is 1. The van der Waals surface area contributed by atoms with Gasteiger partial charge in [-0.3, -0.25) is 4.79 Å². The topological polar surface area (TPSA) is 50.4 Å². The molecule has 0 radical (unpaired) electrons. The number of aromatic hydroxyl groups is 1. The summed E-state index contributed by atoms with van der Waals surface area (Å²) in [5.41, 5.74) is 0.0418. The fourth-order valence-electron chi connectivity index (χ4n) is 1.35. The van der Waals surface area contributed by atoms with Crippen molar-refractivity contribution in [2.75, 3.05) is 0 Å². The SMILES string of the molecule is O=c1ccoc(C=Cc2cc(F)ccc2Br)c1O. The third-order valence-corrected chi connectivity index (χ3v) is 2.98. The molecule has 0 atom stereocenters. The smallest absolute Gasteiger partial charge is 0.227 e. The van der Waals surface area contributed by atoms with Crippen LogP contribution in [0.2, 0.25) is 0 Å². The summed E-state index contributed by atoms with van der Waals surface area (Å²) in [6.07, 6.45) is 4.11. The van der Waals surface area contributed by atoms with Crippen LogP contribution in [-0.2, 0) is 0 Å². The van der Waals surface area contributed by atoms with Crippen molar-refractivity contribution in [1.82, 2.24) is 0 Å². The predicted molar refractivity (Wildman–Crippen MR) is 69.7 cm³/mol. The van der Waals surface area contributed by atoms with Gasteiger partial charge >= 0.3 is 0 Å². The average Bonchev–Trinajstić information content (AvgIpc) is 2.35. The molecule has 2 aromatic rings. The zero-order chi connectivity index (χ0) is 13.1. The van der Waals surface area contributed by atoms with Crippen molar-refractivity contribution < 1.29 is 13.9 Å². The molecule has 0 bridgehead atoms. The lowest BCUT2D eigenvalue weighted by Gasteiger charge is -1.99. The molecule has 0 aliphatic heterocycles. The van der Waals surface area contributed by atoms with Crippen LogP contribution in [0.15, 0.2) is 44.2 Å². The van der Waals surface area contributed by atoms with Gasteiger partial charge in [-0.1, -0.05) is 15.9 Å². The highest BCUT2D eigenvalue weighted by molar-refractivity contribution is 9.10. The van der Waals surface area contributed by atoms with E-state index in [1.807, 2.05) is 0 Å². The molecule has 0 fully saturated rings. The largest absolute Gasteiger partial charge is 0.502 e. The van der Waals surface area contributed by atoms with Crippen molar-refractivity contribution in [3.63, 3.8) is 0 Å². The van der Waals surface area contributed by atoms with Crippen molar-refractivity contribution >= 4 is 28.1 Å². The van der Waals surface area contributed by atoms with Crippen molar-refractivity contribution in [2.24, 2.45) is 0 Å². The Kier molecular flexibility index (Phi) is 3.62. The number of rotatable bonds is 2. The molecule has 0 aliphatic rings. The molecule has 0 unspecified atom stereocenters. The number of halogens is 2. The van der Waals surface area contributed by atoms with E-state index >= 15 is 0 Å². The summed E-state index contributed by atoms with van der Waals surface area (Å²) in [7, 11) is 0. The maximum absolute atomic E-state index is 13.0. The standard InChI is InChI=1S/C13H8BrFO3/c14-10-3-2-9(15)7-8(10)1-4-12-13(17)11(16)5-6-18-12/h1-7,17H. The Labute approximate surface area is 110 Å². The highest BCUT2D eigenvalue weighted by Gasteiger charge is 2.04. The molecule has 1 aromatic heterocycles. The van der Waals surface area contributed by atoms with Gasteiger partial charge in [0.1, 0.15) is 5.82 Å². The molecule has 2 rings (SSSR count). The molecule has 1 heterocycles. The molecule has 5 heteroatoms. The molecule has 0 saturated carbocycles. The Balaban J connectivity index is 2.39. The van der Waals surface area contributed by atoms with E-state index in [0.29, 0.717) is 10.0 Å². The Morgan fingerprint density at radius 2 is 2.06 bits per heavy atom. The van der Waals surface area contributed by atoms with Crippen LogP contribution in [0.1, 0.15) is 11.3 Å². The zero-order valence-corrected chi connectivity index (χ0v) is 10.6. The van der Waals surface area contributed by atoms with Gasteiger partial charge < -0.3 is 9.52 Å². The van der Waals surface area contributed by atoms with E-state index in [0.717, 1.165) is 6.07 Å². The van der Waals surface area contributed by atoms with Crippen molar-refractivity contribution in [1.29, 1.82) is 0 Å². The van der Waals surface area contributed by atoms with Crippen LogP contribution in [-0.4, -0.2) is 5.11 Å². The van der Waals surface area contributed by atoms with E-state index in [1.165, 1.54) is 30.5 Å². The molecular weight excluding hydrogens is 303 g/mol. The van der Waals surface area contributed by atoms with Crippen LogP contribution in [0.5, 0.6) is 5.75 Å². The molecule has 0 amide bonds. The highest BCUT2D eigenvalue weighted by Crippen LogP contribution is 2.21. The number of hydrogen-bond acceptors (Lipinski definition) is 3. The Morgan fingerprint density at radius 3 is 2.83 bits per heavy atom. The molecule has 92 valence electrons. The first-order valence-corrected chi connectivity index (χ1v) is 5.81. The predicted octanol–water partition coefficient (Wildman–Crippen LogP) is 3.42. The van der Waals surface area contributed by atoms with Crippen molar-refractivity contribution in [3.05, 3.63) is 62.4 Å². The monoisotopic (exact) mass is 310 g/mol. The molecule has 1 aromatic carbocycles. The van der Waals surface area contributed by atoms with Crippen LogP contribution >= 0.6 is 15.9 Å². The summed E-state index contributed by atoms with van der Waals surface area (Å²) >= 11 is 3.26. The van der Waals surface area contributed by atoms with Crippen molar-refractivity contribution in [2.45, 2.75) is 0 Å². The first kappa shape index (κ1) is 12.6. The van der Waals surface area contributed by atoms with Crippen LogP contribution < -0.4 is 5.43 Å². The fraction of sp³-hybridized carbons (Fsp3) is 0. The van der Waals surface area contributed by atoms with Gasteiger partial charge in [0.2, 0.25) is 11.2 Å². The van der Waals surface area contributed by atoms with Crippen LogP contribution in [0.3, 0.4) is 0 Å². The second kappa shape index (κ2) is 5.18. The van der Waals surface area contributed by atoms with E-state index in [9.17, 15) is 14.3 Å². The van der Waals surface area contributed by atoms with E-state index in [4.69, 9.17) is 4.42 Å². The molecular formula is C13H8BrFO3. The molecule has 0 aliphatic carbocycles. The minimum absolute atomic E-state index is 0.0265. The van der Waals surface area contributed by atoms with Crippen LogP contribution in [0, 0.1) is 5.82 Å². The summed E-state index contributed by atoms with van der Waals surface area (Å²) in [4.78, 5) is 11.2. The lowest BCUT2D eigenvalue weighted by atomic mass is 10.2. The minimum atomic E-state index is -0.529. The molecule has 0 spiro atoms. The normalized spacial score (nSPS) is 11.0. The Hall–Kier alpha value is -1.88. The summed E-state index contributed by atoms with van der Waals surface area (Å²) in [6.45, 7) is 0. The van der Waals surface area contributed by atoms with Gasteiger partial charge in [-0.05, 0) is 35.9 Å². The third-order valence-electron chi connectivity index (χ3n) is 2.25. The maximum atomic E-state index is 13.0. The van der Waals surface area contributed by atoms with Gasteiger partial charge in [0.05, 0.1) is 6.26 Å². The van der Waals surface area contributed by atoms with Crippen molar-refractivity contribution in [3.8, 4) is 5.75 Å². The molecule has 3 nitrogen and oxygen atoms in total. The summed E-state index contributed by atoms with van der Waals surface area (Å²) in [5, 5.41) is 9.46. The lowest BCUT2D eigenvalue weighted by Crippen LogP contribution is -1.97. The quantitative estimate of drug-likeness (QED) is 0.924. The first-order chi connectivity index (χ1) is 8.58. The Morgan fingerprint density at radius 1 is 1.28 bits per heavy atom. The van der Waals surface area contributed by atoms with E-state index in [2.05, 4.69) is 15.9 Å². The fourth-order valence-corrected chi connectivity index (χ4v) is 1.73. The zero-order valence-electron chi connectivity index (χ0n) is 9.06. The highest BCUT2D eigenvalue weighted by atomic mass is 79.9. The molecule has 0 saturated heterocycles. The van der Waals surface area contributed by atoms with Gasteiger partial charge in [0.15, 0.2) is 5.76 Å². The van der Waals surface area contributed by atoms with Gasteiger partial charge in [-0.2, -0.15) is 0 Å². The Bertz CT molecular complexity index is 662. The molecule has 1 N–H and O–H groups in total. The van der Waals surface area contributed by atoms with E-state index in [-0.39, 0.29) is 11.6 Å². The second-order valence-electron chi connectivity index (χ2n) is 3.50. The van der Waals surface area contributed by atoms with Gasteiger partial charge in [-0.15, -0.1) is 0 Å². The van der Waals surface area contributed by atoms with Gasteiger partial charge in [0, 0.05) is 10.5 Å². The summed E-state index contributed by atoms with van der Waals surface area (Å²) in [6, 6.07) is 5.32. The van der Waals surface area contributed by atoms with Crippen LogP contribution in [0.4, 0.5) is 4.39 Å². The lowest BCUT2D eigenvalue weighted by molar-refractivity contribution is 0.424.